The average Bonchev–Trinajstić information content (AvgIpc) is 2.89. The number of rotatable bonds is 4. The molecule has 29 heavy (non-hydrogen) atoms. The highest BCUT2D eigenvalue weighted by atomic mass is 32.2. The average molecular weight is 430 g/mol. The Morgan fingerprint density at radius 1 is 1.31 bits per heavy atom. The zero-order valence-electron chi connectivity index (χ0n) is 16.3. The fraction of sp³-hybridized carbons (Fsp3) is 0.647. The first-order chi connectivity index (χ1) is 13.8. The third kappa shape index (κ3) is 7.22. The molecule has 11 nitrogen and oxygen atoms in total. The zero-order chi connectivity index (χ0) is 21.3. The Hall–Kier alpha value is -2.31. The van der Waals surface area contributed by atoms with Gasteiger partial charge in [0.25, 0.3) is 6.47 Å². The first-order valence-corrected chi connectivity index (χ1v) is 11.1. The number of anilines is 1. The molecule has 1 aromatic rings. The summed E-state index contributed by atoms with van der Waals surface area (Å²) < 4.78 is 34.4. The van der Waals surface area contributed by atoms with Crippen LogP contribution >= 0.6 is 0 Å². The molecule has 2 fully saturated rings. The fourth-order valence-electron chi connectivity index (χ4n) is 3.23. The molecule has 1 atom stereocenters. The molecule has 1 amide bonds. The maximum Gasteiger partial charge on any atom is 0.290 e. The largest absolute Gasteiger partial charge is 0.483 e. The summed E-state index contributed by atoms with van der Waals surface area (Å²) in [5.74, 6) is 0.424. The van der Waals surface area contributed by atoms with Gasteiger partial charge in [0.05, 0.1) is 44.9 Å². The Labute approximate surface area is 169 Å². The van der Waals surface area contributed by atoms with Crippen LogP contribution in [0.5, 0.6) is 0 Å². The van der Waals surface area contributed by atoms with E-state index in [2.05, 4.69) is 9.97 Å². The quantitative estimate of drug-likeness (QED) is 0.594. The zero-order valence-corrected chi connectivity index (χ0v) is 17.1. The normalized spacial score (nSPS) is 22.4. The van der Waals surface area contributed by atoms with Gasteiger partial charge in [-0.3, -0.25) is 14.6 Å². The molecule has 0 bridgehead atoms. The Morgan fingerprint density at radius 2 is 2.07 bits per heavy atom. The van der Waals surface area contributed by atoms with E-state index in [1.807, 2.05) is 4.90 Å². The van der Waals surface area contributed by atoms with Gasteiger partial charge in [-0.25, -0.2) is 13.4 Å². The van der Waals surface area contributed by atoms with Crippen LogP contribution in [0.4, 0.5) is 5.82 Å². The molecule has 3 rings (SSSR count). The van der Waals surface area contributed by atoms with E-state index in [0.29, 0.717) is 46.0 Å². The van der Waals surface area contributed by atoms with Crippen LogP contribution in [0.25, 0.3) is 0 Å². The van der Waals surface area contributed by atoms with Crippen LogP contribution < -0.4 is 4.90 Å². The predicted molar refractivity (Wildman–Crippen MR) is 103 cm³/mol. The third-order valence-electron chi connectivity index (χ3n) is 4.51. The first-order valence-electron chi connectivity index (χ1n) is 9.04. The van der Waals surface area contributed by atoms with Crippen molar-refractivity contribution >= 4 is 28.0 Å². The van der Waals surface area contributed by atoms with Gasteiger partial charge in [-0.1, -0.05) is 0 Å². The summed E-state index contributed by atoms with van der Waals surface area (Å²) in [4.78, 5) is 33.0. The predicted octanol–water partition coefficient (Wildman–Crippen LogP) is -0.954. The van der Waals surface area contributed by atoms with E-state index in [1.54, 1.807) is 23.5 Å². The van der Waals surface area contributed by atoms with Gasteiger partial charge in [0.15, 0.2) is 0 Å². The van der Waals surface area contributed by atoms with Crippen molar-refractivity contribution < 1.29 is 32.6 Å². The van der Waals surface area contributed by atoms with Crippen LogP contribution in [0.2, 0.25) is 0 Å². The van der Waals surface area contributed by atoms with Gasteiger partial charge in [0.1, 0.15) is 21.3 Å². The molecule has 2 saturated heterocycles. The summed E-state index contributed by atoms with van der Waals surface area (Å²) in [5, 5.41) is 6.89. The summed E-state index contributed by atoms with van der Waals surface area (Å²) in [5.41, 5.74) is -0.660. The number of sulfone groups is 1. The summed E-state index contributed by atoms with van der Waals surface area (Å²) >= 11 is 0. The molecule has 1 spiro atoms. The van der Waals surface area contributed by atoms with Gasteiger partial charge in [-0.2, -0.15) is 0 Å². The number of ether oxygens (including phenoxy) is 2. The molecule has 1 unspecified atom stereocenters. The van der Waals surface area contributed by atoms with E-state index in [0.717, 1.165) is 12.1 Å². The van der Waals surface area contributed by atoms with E-state index in [4.69, 9.17) is 19.4 Å². The second kappa shape index (κ2) is 10.5. The molecule has 3 heterocycles. The van der Waals surface area contributed by atoms with E-state index in [1.165, 1.54) is 0 Å². The van der Waals surface area contributed by atoms with Crippen molar-refractivity contribution in [3.05, 3.63) is 18.6 Å². The molecule has 12 heteroatoms. The molecule has 0 aromatic carbocycles. The van der Waals surface area contributed by atoms with E-state index >= 15 is 0 Å². The number of carbonyl (C=O) groups is 2. The number of carboxylic acid groups (broad SMARTS) is 1. The molecule has 0 aliphatic carbocycles. The number of amides is 1. The fourth-order valence-corrected chi connectivity index (χ4v) is 3.77. The first kappa shape index (κ1) is 23.0. The Morgan fingerprint density at radius 3 is 2.72 bits per heavy atom. The third-order valence-corrected chi connectivity index (χ3v) is 5.46. The highest BCUT2D eigenvalue weighted by molar-refractivity contribution is 7.90. The van der Waals surface area contributed by atoms with Crippen molar-refractivity contribution in [2.45, 2.75) is 12.0 Å². The summed E-state index contributed by atoms with van der Waals surface area (Å²) in [6.07, 6.45) is 6.07. The van der Waals surface area contributed by atoms with Gasteiger partial charge >= 0.3 is 0 Å². The van der Waals surface area contributed by atoms with Crippen molar-refractivity contribution in [2.75, 3.05) is 62.9 Å². The number of carbonyl (C=O) groups excluding carboxylic acids is 1. The van der Waals surface area contributed by atoms with Crippen LogP contribution in [0.15, 0.2) is 18.6 Å². The van der Waals surface area contributed by atoms with Crippen molar-refractivity contribution in [3.63, 3.8) is 0 Å². The summed E-state index contributed by atoms with van der Waals surface area (Å²) in [6, 6.07) is 0. The van der Waals surface area contributed by atoms with Crippen molar-refractivity contribution in [2.24, 2.45) is 0 Å². The summed E-state index contributed by atoms with van der Waals surface area (Å²) in [7, 11) is -3.17. The van der Waals surface area contributed by atoms with Gasteiger partial charge in [-0.05, 0) is 0 Å². The van der Waals surface area contributed by atoms with Gasteiger partial charge in [0.2, 0.25) is 5.91 Å². The second-order valence-electron chi connectivity index (χ2n) is 6.87. The van der Waals surface area contributed by atoms with Crippen molar-refractivity contribution in [1.29, 1.82) is 0 Å². The minimum absolute atomic E-state index is 0.0103. The van der Waals surface area contributed by atoms with Crippen LogP contribution in [-0.2, 0) is 28.9 Å². The standard InChI is InChI=1S/C16H24N4O5S.CH2O2/c1-26(22,23)9-2-15(21)20-6-8-25-16(12-20)11-19(5-7-24-13-16)14-10-17-3-4-18-14;2-1-3/h3-4,10H,2,5-9,11-13H2,1H3;1H,(H,2,3). The molecule has 0 radical (unpaired) electrons. The van der Waals surface area contributed by atoms with Gasteiger partial charge in [0, 0.05) is 38.2 Å². The minimum Gasteiger partial charge on any atom is -0.483 e. The lowest BCUT2D eigenvalue weighted by Gasteiger charge is -2.43. The Kier molecular flexibility index (Phi) is 8.29. The highest BCUT2D eigenvalue weighted by Gasteiger charge is 2.42. The maximum atomic E-state index is 12.4. The molecule has 2 aliphatic rings. The SMILES string of the molecule is CS(=O)(=O)CCC(=O)N1CCOC2(COCCN(c3cnccn3)C2)C1.O=CO. The topological polar surface area (TPSA) is 139 Å². The Bertz CT molecular complexity index is 777. The lowest BCUT2D eigenvalue weighted by Crippen LogP contribution is -2.60. The smallest absolute Gasteiger partial charge is 0.290 e. The lowest BCUT2D eigenvalue weighted by molar-refractivity contribution is -0.157. The second-order valence-corrected chi connectivity index (χ2v) is 9.13. The van der Waals surface area contributed by atoms with Crippen molar-refractivity contribution in [3.8, 4) is 0 Å². The number of aromatic nitrogens is 2. The molecule has 162 valence electrons. The summed E-state index contributed by atoms with van der Waals surface area (Å²) in [6.45, 7) is 3.06. The molecular formula is C17H26N4O7S. The molecule has 0 saturated carbocycles. The number of hydrogen-bond acceptors (Lipinski definition) is 9. The number of hydrogen-bond donors (Lipinski definition) is 1. The molecule has 1 N–H and O–H groups in total. The molecule has 1 aromatic heterocycles. The van der Waals surface area contributed by atoms with E-state index in [9.17, 15) is 13.2 Å². The van der Waals surface area contributed by atoms with Crippen LogP contribution in [0.3, 0.4) is 0 Å². The molecular weight excluding hydrogens is 404 g/mol. The van der Waals surface area contributed by atoms with Crippen LogP contribution in [0.1, 0.15) is 6.42 Å². The monoisotopic (exact) mass is 430 g/mol. The van der Waals surface area contributed by atoms with Crippen molar-refractivity contribution in [1.82, 2.24) is 14.9 Å². The van der Waals surface area contributed by atoms with Gasteiger partial charge < -0.3 is 24.4 Å². The Balaban J connectivity index is 0.000000941. The molecule has 2 aliphatic heterocycles. The number of morpholine rings is 1. The van der Waals surface area contributed by atoms with Gasteiger partial charge in [-0.15, -0.1) is 0 Å². The van der Waals surface area contributed by atoms with E-state index in [-0.39, 0.29) is 24.6 Å². The lowest BCUT2D eigenvalue weighted by atomic mass is 10.0. The highest BCUT2D eigenvalue weighted by Crippen LogP contribution is 2.25. The van der Waals surface area contributed by atoms with E-state index < -0.39 is 15.4 Å². The van der Waals surface area contributed by atoms with Crippen LogP contribution in [-0.4, -0.2) is 104 Å². The minimum atomic E-state index is -3.17. The number of nitrogens with zero attached hydrogens (tertiary/aromatic N) is 4. The maximum absolute atomic E-state index is 12.4. The van der Waals surface area contributed by atoms with Crippen LogP contribution in [0, 0.1) is 0 Å².